The molecule has 2 N–H and O–H groups in total. The Morgan fingerprint density at radius 1 is 1.24 bits per heavy atom. The summed E-state index contributed by atoms with van der Waals surface area (Å²) in [6, 6.07) is 18.2. The van der Waals surface area contributed by atoms with Crippen molar-refractivity contribution in [2.24, 2.45) is 10.7 Å². The summed E-state index contributed by atoms with van der Waals surface area (Å²) in [6.45, 7) is 1.09. The highest BCUT2D eigenvalue weighted by Gasteiger charge is 2.35. The molecular formula is C28H26ClN5O3. The van der Waals surface area contributed by atoms with E-state index in [2.05, 4.69) is 11.1 Å². The second kappa shape index (κ2) is 10.6. The largest absolute Gasteiger partial charge is 0.456 e. The van der Waals surface area contributed by atoms with Crippen molar-refractivity contribution in [3.8, 4) is 17.6 Å². The molecule has 2 atom stereocenters. The van der Waals surface area contributed by atoms with Crippen molar-refractivity contribution in [3.63, 3.8) is 0 Å². The predicted molar refractivity (Wildman–Crippen MR) is 141 cm³/mol. The van der Waals surface area contributed by atoms with Gasteiger partial charge in [0.1, 0.15) is 29.2 Å². The number of aliphatic imine (C=N–C) groups is 1. The van der Waals surface area contributed by atoms with Crippen LogP contribution in [0, 0.1) is 11.3 Å². The van der Waals surface area contributed by atoms with E-state index in [-0.39, 0.29) is 24.3 Å². The van der Waals surface area contributed by atoms with Crippen LogP contribution in [0.5, 0.6) is 11.5 Å². The molecule has 0 aliphatic carbocycles. The number of aromatic nitrogens is 1. The van der Waals surface area contributed by atoms with Gasteiger partial charge in [0.05, 0.1) is 17.4 Å². The number of nitrogens with zero attached hydrogens (tertiary/aromatic N) is 4. The number of rotatable bonds is 6. The lowest BCUT2D eigenvalue weighted by Crippen LogP contribution is -2.27. The molecule has 2 aliphatic heterocycles. The zero-order valence-corrected chi connectivity index (χ0v) is 21.1. The molecule has 0 radical (unpaired) electrons. The Hall–Kier alpha value is -3.93. The number of amidine groups is 1. The molecule has 8 nitrogen and oxygen atoms in total. The Morgan fingerprint density at radius 3 is 2.84 bits per heavy atom. The molecule has 1 unspecified atom stereocenters. The number of nitriles is 1. The van der Waals surface area contributed by atoms with Crippen LogP contribution in [0.3, 0.4) is 0 Å². The van der Waals surface area contributed by atoms with Crippen molar-refractivity contribution in [1.82, 2.24) is 4.98 Å². The van der Waals surface area contributed by atoms with Crippen LogP contribution < -0.4 is 15.4 Å². The Kier molecular flexibility index (Phi) is 7.08. The summed E-state index contributed by atoms with van der Waals surface area (Å²) in [5.41, 5.74) is 8.84. The zero-order chi connectivity index (χ0) is 25.9. The maximum absolute atomic E-state index is 13.3. The highest BCUT2D eigenvalue weighted by atomic mass is 35.5. The minimum Gasteiger partial charge on any atom is -0.456 e. The number of carbonyl (C=O) groups excluding carboxylic acids is 1. The van der Waals surface area contributed by atoms with Crippen molar-refractivity contribution < 1.29 is 14.3 Å². The summed E-state index contributed by atoms with van der Waals surface area (Å²) in [5.74, 6) is 1.61. The molecule has 0 spiro atoms. The lowest BCUT2D eigenvalue weighted by molar-refractivity contribution is -0.117. The molecule has 0 bridgehead atoms. The van der Waals surface area contributed by atoms with Gasteiger partial charge in [-0.15, -0.1) is 0 Å². The molecule has 1 amide bonds. The lowest BCUT2D eigenvalue weighted by Gasteiger charge is -2.20. The third kappa shape index (κ3) is 5.15. The van der Waals surface area contributed by atoms with E-state index in [0.717, 1.165) is 24.1 Å². The normalized spacial score (nSPS) is 19.8. The smallest absolute Gasteiger partial charge is 0.228 e. The highest BCUT2D eigenvalue weighted by Crippen LogP contribution is 2.40. The summed E-state index contributed by atoms with van der Waals surface area (Å²) in [4.78, 5) is 23.9. The number of carbonyl (C=O) groups is 1. The van der Waals surface area contributed by atoms with Crippen molar-refractivity contribution in [2.75, 3.05) is 25.1 Å². The van der Waals surface area contributed by atoms with E-state index < -0.39 is 0 Å². The summed E-state index contributed by atoms with van der Waals surface area (Å²) in [6.07, 6.45) is 1.97. The van der Waals surface area contributed by atoms with E-state index in [1.807, 2.05) is 12.1 Å². The third-order valence-corrected chi connectivity index (χ3v) is 6.91. The van der Waals surface area contributed by atoms with Crippen molar-refractivity contribution in [1.29, 1.82) is 5.26 Å². The molecule has 37 heavy (non-hydrogen) atoms. The quantitative estimate of drug-likeness (QED) is 0.360. The number of nitrogens with two attached hydrogens (primary N) is 1. The second-order valence-electron chi connectivity index (χ2n) is 9.05. The van der Waals surface area contributed by atoms with Crippen LogP contribution >= 0.6 is 11.6 Å². The predicted octanol–water partition coefficient (Wildman–Crippen LogP) is 5.11. The number of para-hydroxylation sites is 1. The number of hydrogen-bond donors (Lipinski definition) is 1. The van der Waals surface area contributed by atoms with E-state index in [1.165, 1.54) is 0 Å². The first kappa shape index (κ1) is 24.8. The Labute approximate surface area is 220 Å². The van der Waals surface area contributed by atoms with Gasteiger partial charge in [-0.1, -0.05) is 29.8 Å². The van der Waals surface area contributed by atoms with Gasteiger partial charge in [0.25, 0.3) is 0 Å². The number of hydrogen-bond acceptors (Lipinski definition) is 6. The monoisotopic (exact) mass is 515 g/mol. The van der Waals surface area contributed by atoms with E-state index >= 15 is 0 Å². The Morgan fingerprint density at radius 2 is 2.08 bits per heavy atom. The molecule has 3 heterocycles. The molecule has 1 aromatic heterocycles. The molecule has 2 saturated heterocycles. The molecule has 188 valence electrons. The molecule has 2 fully saturated rings. The van der Waals surface area contributed by atoms with Crippen molar-refractivity contribution >= 4 is 29.2 Å². The van der Waals surface area contributed by atoms with Crippen LogP contribution in [0.2, 0.25) is 5.02 Å². The minimum absolute atomic E-state index is 0.0572. The van der Waals surface area contributed by atoms with Crippen LogP contribution in [-0.2, 0) is 9.53 Å². The lowest BCUT2D eigenvalue weighted by atomic mass is 9.97. The van der Waals surface area contributed by atoms with Gasteiger partial charge in [0.2, 0.25) is 5.91 Å². The summed E-state index contributed by atoms with van der Waals surface area (Å²) < 4.78 is 12.0. The number of pyridine rings is 1. The van der Waals surface area contributed by atoms with Crippen molar-refractivity contribution in [2.45, 2.75) is 31.3 Å². The van der Waals surface area contributed by atoms with Crippen LogP contribution in [-0.4, -0.2) is 36.9 Å². The average molecular weight is 516 g/mol. The molecule has 2 aliphatic rings. The number of halogens is 1. The van der Waals surface area contributed by atoms with Gasteiger partial charge in [-0.2, -0.15) is 5.26 Å². The molecule has 2 aromatic carbocycles. The van der Waals surface area contributed by atoms with Gasteiger partial charge in [0.15, 0.2) is 0 Å². The van der Waals surface area contributed by atoms with Gasteiger partial charge in [-0.25, -0.2) is 4.98 Å². The van der Waals surface area contributed by atoms with Crippen LogP contribution in [0.25, 0.3) is 0 Å². The maximum Gasteiger partial charge on any atom is 0.228 e. The standard InChI is InChI=1S/C28H26ClN5O3/c1-32-28(31)18-11-22(24-7-4-10-36-24)33-26(12-18)34-16-19(13-27(34)35)21-9-8-20(29)14-25(21)37-23-6-3-2-5-17(23)15-30/h2-3,5-6,8-9,11-12,14,19,24H,4,7,10,13,16H2,1H3,(H2,31,32)/t19-,24?/m0/s1. The van der Waals surface area contributed by atoms with E-state index in [9.17, 15) is 10.1 Å². The fourth-order valence-electron chi connectivity index (χ4n) is 4.77. The van der Waals surface area contributed by atoms with Crippen LogP contribution in [0.1, 0.15) is 53.7 Å². The SMILES string of the molecule is CN=C(N)c1cc(C2CCCO2)nc(N2C[C@@H](c3ccc(Cl)cc3Oc3ccccc3C#N)CC2=O)c1. The molecule has 5 rings (SSSR count). The first-order valence-electron chi connectivity index (χ1n) is 12.1. The van der Waals surface area contributed by atoms with E-state index in [4.69, 9.17) is 31.8 Å². The highest BCUT2D eigenvalue weighted by molar-refractivity contribution is 6.30. The number of ether oxygens (including phenoxy) is 2. The van der Waals surface area contributed by atoms with E-state index in [1.54, 1.807) is 54.4 Å². The Bertz CT molecular complexity index is 1410. The zero-order valence-electron chi connectivity index (χ0n) is 20.4. The fourth-order valence-corrected chi connectivity index (χ4v) is 4.93. The van der Waals surface area contributed by atoms with Gasteiger partial charge >= 0.3 is 0 Å². The van der Waals surface area contributed by atoms with Gasteiger partial charge < -0.3 is 15.2 Å². The fraction of sp³-hybridized carbons (Fsp3) is 0.286. The second-order valence-corrected chi connectivity index (χ2v) is 9.48. The van der Waals surface area contributed by atoms with Gasteiger partial charge in [0, 0.05) is 48.7 Å². The van der Waals surface area contributed by atoms with Crippen LogP contribution in [0.4, 0.5) is 5.82 Å². The molecular weight excluding hydrogens is 490 g/mol. The Balaban J connectivity index is 1.47. The number of anilines is 1. The minimum atomic E-state index is -0.164. The first-order chi connectivity index (χ1) is 18.0. The number of amides is 1. The molecule has 0 saturated carbocycles. The first-order valence-corrected chi connectivity index (χ1v) is 12.5. The van der Waals surface area contributed by atoms with Gasteiger partial charge in [-0.05, 0) is 49.2 Å². The van der Waals surface area contributed by atoms with Crippen LogP contribution in [0.15, 0.2) is 59.6 Å². The maximum atomic E-state index is 13.3. The summed E-state index contributed by atoms with van der Waals surface area (Å²) in [5, 5.41) is 9.97. The topological polar surface area (TPSA) is 114 Å². The average Bonchev–Trinajstić information content (AvgIpc) is 3.59. The summed E-state index contributed by atoms with van der Waals surface area (Å²) >= 11 is 6.29. The number of benzene rings is 2. The molecule has 3 aromatic rings. The molecule has 9 heteroatoms. The third-order valence-electron chi connectivity index (χ3n) is 6.67. The van der Waals surface area contributed by atoms with Crippen molar-refractivity contribution in [3.05, 3.63) is 82.0 Å². The van der Waals surface area contributed by atoms with Gasteiger partial charge in [-0.3, -0.25) is 14.7 Å². The summed E-state index contributed by atoms with van der Waals surface area (Å²) in [7, 11) is 1.63. The van der Waals surface area contributed by atoms with E-state index in [0.29, 0.717) is 52.5 Å².